The van der Waals surface area contributed by atoms with E-state index >= 15 is 0 Å². The predicted molar refractivity (Wildman–Crippen MR) is 81.6 cm³/mol. The minimum Gasteiger partial charge on any atom is -0.321 e. The molecule has 108 valence electrons. The maximum Gasteiger partial charge on any atom is 0.250 e. The van der Waals surface area contributed by atoms with Gasteiger partial charge in [0.2, 0.25) is 0 Å². The van der Waals surface area contributed by atoms with Crippen molar-refractivity contribution in [1.82, 2.24) is 5.43 Å². The molecule has 0 fully saturated rings. The van der Waals surface area contributed by atoms with Crippen LogP contribution >= 0.6 is 0 Å². The molecular formula is C15H21N3O2. The molecule has 0 saturated heterocycles. The summed E-state index contributed by atoms with van der Waals surface area (Å²) >= 11 is 0. The Balaban J connectivity index is 2.63. The van der Waals surface area contributed by atoms with Crippen molar-refractivity contribution >= 4 is 23.6 Å². The van der Waals surface area contributed by atoms with Crippen LogP contribution in [-0.4, -0.2) is 25.3 Å². The molecule has 1 rings (SSSR count). The monoisotopic (exact) mass is 275 g/mol. The topological polar surface area (TPSA) is 61.4 Å². The molecule has 0 radical (unpaired) electrons. The van der Waals surface area contributed by atoms with E-state index in [9.17, 15) is 9.59 Å². The van der Waals surface area contributed by atoms with Gasteiger partial charge in [-0.15, -0.1) is 0 Å². The average Bonchev–Trinajstić information content (AvgIpc) is 2.49. The fourth-order valence-electron chi connectivity index (χ4n) is 1.44. The van der Waals surface area contributed by atoms with Crippen molar-refractivity contribution in [3.05, 3.63) is 36.4 Å². The molecule has 1 amide bonds. The van der Waals surface area contributed by atoms with Crippen LogP contribution < -0.4 is 15.8 Å². The molecule has 1 unspecified atom stereocenters. The third-order valence-electron chi connectivity index (χ3n) is 2.98. The van der Waals surface area contributed by atoms with Crippen LogP contribution in [-0.2, 0) is 9.59 Å². The molecule has 0 bridgehead atoms. The molecule has 0 aliphatic rings. The zero-order chi connectivity index (χ0) is 15.0. The summed E-state index contributed by atoms with van der Waals surface area (Å²) in [5.41, 5.74) is 7.97. The Morgan fingerprint density at radius 3 is 2.55 bits per heavy atom. The summed E-state index contributed by atoms with van der Waals surface area (Å²) in [7, 11) is 1.66. The number of carbonyl (C=O) groups is 2. The number of benzene rings is 1. The Morgan fingerprint density at radius 2 is 2.00 bits per heavy atom. The number of amides is 1. The first kappa shape index (κ1) is 15.9. The van der Waals surface area contributed by atoms with E-state index < -0.39 is 0 Å². The molecule has 1 aromatic rings. The summed E-state index contributed by atoms with van der Waals surface area (Å²) in [4.78, 5) is 23.4. The fraction of sp³-hybridized carbons (Fsp3) is 0.333. The number of hydrogen-bond donors (Lipinski definition) is 2. The van der Waals surface area contributed by atoms with Crippen LogP contribution in [0.5, 0.6) is 0 Å². The summed E-state index contributed by atoms with van der Waals surface area (Å²) in [6.07, 6.45) is 4.04. The van der Waals surface area contributed by atoms with Crippen LogP contribution in [0.4, 0.5) is 11.4 Å². The Hall–Kier alpha value is -2.14. The van der Waals surface area contributed by atoms with E-state index in [4.69, 9.17) is 0 Å². The minimum atomic E-state index is -0.240. The highest BCUT2D eigenvalue weighted by Gasteiger charge is 2.07. The maximum absolute atomic E-state index is 11.7. The molecule has 5 heteroatoms. The number of allylic oxidation sites excluding steroid dienone is 1. The summed E-state index contributed by atoms with van der Waals surface area (Å²) < 4.78 is 0. The second kappa shape index (κ2) is 8.12. The second-order valence-corrected chi connectivity index (χ2v) is 4.52. The summed E-state index contributed by atoms with van der Waals surface area (Å²) in [5, 5.41) is 0. The first-order valence-corrected chi connectivity index (χ1v) is 6.59. The maximum atomic E-state index is 11.7. The van der Waals surface area contributed by atoms with Gasteiger partial charge in [0.25, 0.3) is 5.91 Å². The number of nitrogens with one attached hydrogen (secondary N) is 2. The molecule has 0 saturated carbocycles. The van der Waals surface area contributed by atoms with Gasteiger partial charge in [-0.25, -0.2) is 5.43 Å². The van der Waals surface area contributed by atoms with Crippen molar-refractivity contribution in [1.29, 1.82) is 0 Å². The standard InChI is InChI=1S/C15H21N3O2/c1-4-12(2)16-17-13-7-9-14(10-8-13)18(3)15(20)6-5-11-19/h5-12,16-17H,4H2,1-3H3/b6-5-. The highest BCUT2D eigenvalue weighted by molar-refractivity contribution is 6.02. The zero-order valence-electron chi connectivity index (χ0n) is 12.1. The average molecular weight is 275 g/mol. The van der Waals surface area contributed by atoms with E-state index in [-0.39, 0.29) is 5.91 Å². The number of likely N-dealkylation sites (N-methyl/N-ethyl adjacent to an activating group) is 1. The lowest BCUT2D eigenvalue weighted by Gasteiger charge is -2.17. The molecule has 0 aliphatic heterocycles. The third kappa shape index (κ3) is 4.85. The van der Waals surface area contributed by atoms with Crippen molar-refractivity contribution in [2.24, 2.45) is 0 Å². The van der Waals surface area contributed by atoms with E-state index in [1.807, 2.05) is 24.3 Å². The second-order valence-electron chi connectivity index (χ2n) is 4.52. The van der Waals surface area contributed by atoms with Crippen LogP contribution in [0.1, 0.15) is 20.3 Å². The quantitative estimate of drug-likeness (QED) is 0.454. The van der Waals surface area contributed by atoms with E-state index in [0.29, 0.717) is 12.3 Å². The molecule has 0 spiro atoms. The number of anilines is 2. The lowest BCUT2D eigenvalue weighted by Crippen LogP contribution is -2.30. The Bertz CT molecular complexity index is 469. The van der Waals surface area contributed by atoms with E-state index in [2.05, 4.69) is 24.7 Å². The first-order chi connectivity index (χ1) is 9.58. The van der Waals surface area contributed by atoms with Crippen molar-refractivity contribution in [2.45, 2.75) is 26.3 Å². The summed E-state index contributed by atoms with van der Waals surface area (Å²) in [5.74, 6) is -0.240. The van der Waals surface area contributed by atoms with Crippen LogP contribution in [0, 0.1) is 0 Å². The number of rotatable bonds is 7. The largest absolute Gasteiger partial charge is 0.321 e. The smallest absolute Gasteiger partial charge is 0.250 e. The van der Waals surface area contributed by atoms with Crippen molar-refractivity contribution in [3.63, 3.8) is 0 Å². The van der Waals surface area contributed by atoms with Gasteiger partial charge in [0, 0.05) is 30.5 Å². The summed E-state index contributed by atoms with van der Waals surface area (Å²) in [6, 6.07) is 7.84. The zero-order valence-corrected chi connectivity index (χ0v) is 12.1. The van der Waals surface area contributed by atoms with Crippen molar-refractivity contribution < 1.29 is 9.59 Å². The molecule has 20 heavy (non-hydrogen) atoms. The number of carbonyl (C=O) groups excluding carboxylic acids is 2. The lowest BCUT2D eigenvalue weighted by atomic mass is 10.2. The van der Waals surface area contributed by atoms with Gasteiger partial charge in [-0.2, -0.15) is 0 Å². The number of nitrogens with zero attached hydrogens (tertiary/aromatic N) is 1. The highest BCUT2D eigenvalue weighted by atomic mass is 16.2. The molecular weight excluding hydrogens is 254 g/mol. The summed E-state index contributed by atoms with van der Waals surface area (Å²) in [6.45, 7) is 4.20. The van der Waals surface area contributed by atoms with Crippen LogP contribution in [0.3, 0.4) is 0 Å². The highest BCUT2D eigenvalue weighted by Crippen LogP contribution is 2.16. The van der Waals surface area contributed by atoms with E-state index in [1.165, 1.54) is 17.1 Å². The third-order valence-corrected chi connectivity index (χ3v) is 2.98. The first-order valence-electron chi connectivity index (χ1n) is 6.59. The molecule has 1 aromatic carbocycles. The van der Waals surface area contributed by atoms with Gasteiger partial charge in [0.05, 0.1) is 0 Å². The van der Waals surface area contributed by atoms with E-state index in [0.717, 1.165) is 17.8 Å². The van der Waals surface area contributed by atoms with Crippen molar-refractivity contribution in [2.75, 3.05) is 17.4 Å². The van der Waals surface area contributed by atoms with Gasteiger partial charge in [-0.05, 0) is 43.7 Å². The minimum absolute atomic E-state index is 0.240. The number of hydrazine groups is 1. The van der Waals surface area contributed by atoms with Gasteiger partial charge < -0.3 is 10.3 Å². The molecule has 0 aliphatic carbocycles. The van der Waals surface area contributed by atoms with Gasteiger partial charge in [0.1, 0.15) is 6.29 Å². The number of aldehydes is 1. The Labute approximate surface area is 119 Å². The molecule has 1 atom stereocenters. The number of hydrogen-bond acceptors (Lipinski definition) is 4. The van der Waals surface area contributed by atoms with Gasteiger partial charge in [0.15, 0.2) is 0 Å². The molecule has 5 nitrogen and oxygen atoms in total. The van der Waals surface area contributed by atoms with Gasteiger partial charge >= 0.3 is 0 Å². The van der Waals surface area contributed by atoms with Crippen LogP contribution in [0.2, 0.25) is 0 Å². The van der Waals surface area contributed by atoms with Crippen molar-refractivity contribution in [3.8, 4) is 0 Å². The molecule has 0 heterocycles. The Kier molecular flexibility index (Phi) is 6.46. The van der Waals surface area contributed by atoms with Gasteiger partial charge in [-0.3, -0.25) is 9.59 Å². The molecule has 2 N–H and O–H groups in total. The molecule has 0 aromatic heterocycles. The Morgan fingerprint density at radius 1 is 1.35 bits per heavy atom. The SMILES string of the molecule is CCC(C)NNc1ccc(N(C)C(=O)/C=C\C=O)cc1. The predicted octanol–water partition coefficient (Wildman–Crippen LogP) is 2.12. The fourth-order valence-corrected chi connectivity index (χ4v) is 1.44. The van der Waals surface area contributed by atoms with E-state index in [1.54, 1.807) is 7.05 Å². The normalized spacial score (nSPS) is 12.2. The van der Waals surface area contributed by atoms with Gasteiger partial charge in [-0.1, -0.05) is 6.92 Å². The lowest BCUT2D eigenvalue weighted by molar-refractivity contribution is -0.114. The van der Waals surface area contributed by atoms with Crippen LogP contribution in [0.25, 0.3) is 0 Å². The van der Waals surface area contributed by atoms with Crippen LogP contribution in [0.15, 0.2) is 36.4 Å².